The second-order valence-corrected chi connectivity index (χ2v) is 8.62. The molecule has 1 aliphatic rings. The van der Waals surface area contributed by atoms with E-state index in [9.17, 15) is 4.79 Å². The molecule has 0 bridgehead atoms. The summed E-state index contributed by atoms with van der Waals surface area (Å²) < 4.78 is 22.4. The summed E-state index contributed by atoms with van der Waals surface area (Å²) in [7, 11) is 4.81. The fourth-order valence-corrected chi connectivity index (χ4v) is 4.61. The number of fused-ring (bicyclic) bond motifs is 1. The molecule has 1 atom stereocenters. The van der Waals surface area contributed by atoms with Gasteiger partial charge in [-0.1, -0.05) is 23.2 Å². The van der Waals surface area contributed by atoms with E-state index < -0.39 is 0 Å². The molecule has 0 saturated heterocycles. The van der Waals surface area contributed by atoms with Gasteiger partial charge in [-0.25, -0.2) is 0 Å². The predicted octanol–water partition coefficient (Wildman–Crippen LogP) is 5.84. The molecule has 0 radical (unpaired) electrons. The topological polar surface area (TPSA) is 57.2 Å². The van der Waals surface area contributed by atoms with E-state index in [1.807, 2.05) is 36.4 Å². The van der Waals surface area contributed by atoms with Crippen molar-refractivity contribution in [1.82, 2.24) is 4.90 Å². The Bertz CT molecular complexity index is 1180. The number of hydrogen-bond donors (Lipinski definition) is 0. The van der Waals surface area contributed by atoms with Crippen molar-refractivity contribution in [3.8, 4) is 23.0 Å². The van der Waals surface area contributed by atoms with Crippen LogP contribution < -0.4 is 18.9 Å². The number of nitrogens with zero attached hydrogens (tertiary/aromatic N) is 1. The van der Waals surface area contributed by atoms with Gasteiger partial charge in [0.2, 0.25) is 0 Å². The van der Waals surface area contributed by atoms with Gasteiger partial charge in [0.05, 0.1) is 38.0 Å². The number of rotatable bonds is 7. The molecule has 0 spiro atoms. The van der Waals surface area contributed by atoms with E-state index in [-0.39, 0.29) is 18.6 Å². The van der Waals surface area contributed by atoms with Crippen LogP contribution in [0.15, 0.2) is 54.6 Å². The highest BCUT2D eigenvalue weighted by Crippen LogP contribution is 2.39. The Balaban J connectivity index is 1.70. The Morgan fingerprint density at radius 3 is 2.24 bits per heavy atom. The van der Waals surface area contributed by atoms with Gasteiger partial charge in [-0.15, -0.1) is 0 Å². The lowest BCUT2D eigenvalue weighted by Crippen LogP contribution is -2.42. The van der Waals surface area contributed by atoms with E-state index in [0.717, 1.165) is 16.9 Å². The number of hydrogen-bond acceptors (Lipinski definition) is 5. The molecule has 3 aromatic carbocycles. The second kappa shape index (κ2) is 10.5. The van der Waals surface area contributed by atoms with Gasteiger partial charge in [0, 0.05) is 11.6 Å². The van der Waals surface area contributed by atoms with Crippen LogP contribution in [0.4, 0.5) is 0 Å². The van der Waals surface area contributed by atoms with Crippen LogP contribution in [0.2, 0.25) is 10.0 Å². The van der Waals surface area contributed by atoms with Gasteiger partial charge in [0.25, 0.3) is 5.91 Å². The molecule has 0 saturated carbocycles. The third-order valence-electron chi connectivity index (χ3n) is 5.89. The lowest BCUT2D eigenvalue weighted by Gasteiger charge is -2.38. The molecule has 3 aromatic rings. The van der Waals surface area contributed by atoms with Gasteiger partial charge in [-0.05, 0) is 72.1 Å². The summed E-state index contributed by atoms with van der Waals surface area (Å²) in [6, 6.07) is 15.7. The van der Waals surface area contributed by atoms with Gasteiger partial charge in [0.1, 0.15) is 18.1 Å². The summed E-state index contributed by atoms with van der Waals surface area (Å²) in [4.78, 5) is 15.4. The number of carbonyl (C=O) groups is 1. The maximum atomic E-state index is 13.6. The average molecular weight is 502 g/mol. The highest BCUT2D eigenvalue weighted by atomic mass is 35.5. The van der Waals surface area contributed by atoms with E-state index in [0.29, 0.717) is 45.8 Å². The third kappa shape index (κ3) is 4.88. The monoisotopic (exact) mass is 501 g/mol. The van der Waals surface area contributed by atoms with E-state index in [1.54, 1.807) is 44.4 Å². The van der Waals surface area contributed by atoms with Crippen molar-refractivity contribution in [3.63, 3.8) is 0 Å². The molecule has 0 aromatic heterocycles. The molecular formula is C26H25Cl2NO5. The zero-order valence-corrected chi connectivity index (χ0v) is 20.7. The Morgan fingerprint density at radius 2 is 1.59 bits per heavy atom. The molecule has 0 aliphatic carbocycles. The minimum absolute atomic E-state index is 0.189. The highest BCUT2D eigenvalue weighted by molar-refractivity contribution is 6.36. The number of halogens is 2. The van der Waals surface area contributed by atoms with Crippen molar-refractivity contribution >= 4 is 29.1 Å². The van der Waals surface area contributed by atoms with Gasteiger partial charge in [-0.2, -0.15) is 0 Å². The van der Waals surface area contributed by atoms with Crippen molar-refractivity contribution in [2.45, 2.75) is 12.5 Å². The fraction of sp³-hybridized carbons (Fsp3) is 0.269. The van der Waals surface area contributed by atoms with Crippen molar-refractivity contribution in [1.29, 1.82) is 0 Å². The van der Waals surface area contributed by atoms with Gasteiger partial charge in [-0.3, -0.25) is 4.79 Å². The maximum Gasteiger partial charge on any atom is 0.256 e. The Hall–Kier alpha value is -3.09. The minimum Gasteiger partial charge on any atom is -0.497 e. The van der Waals surface area contributed by atoms with Gasteiger partial charge in [0.15, 0.2) is 11.5 Å². The largest absolute Gasteiger partial charge is 0.497 e. The summed E-state index contributed by atoms with van der Waals surface area (Å²) in [6.45, 7) is 0.739. The zero-order valence-electron chi connectivity index (χ0n) is 19.1. The normalized spacial score (nSPS) is 14.9. The Kier molecular flexibility index (Phi) is 7.39. The molecule has 0 fully saturated rings. The van der Waals surface area contributed by atoms with Crippen LogP contribution in [0, 0.1) is 0 Å². The first kappa shape index (κ1) is 24.0. The summed E-state index contributed by atoms with van der Waals surface area (Å²) in [5, 5.41) is 0.784. The lowest BCUT2D eigenvalue weighted by molar-refractivity contribution is 0.0589. The maximum absolute atomic E-state index is 13.6. The molecule has 6 nitrogen and oxygen atoms in total. The van der Waals surface area contributed by atoms with Crippen molar-refractivity contribution in [2.24, 2.45) is 0 Å². The summed E-state index contributed by atoms with van der Waals surface area (Å²) >= 11 is 12.4. The number of carbonyl (C=O) groups excluding carboxylic acids is 1. The molecule has 34 heavy (non-hydrogen) atoms. The summed E-state index contributed by atoms with van der Waals surface area (Å²) in [6.07, 6.45) is 0.658. The average Bonchev–Trinajstić information content (AvgIpc) is 2.86. The van der Waals surface area contributed by atoms with Crippen LogP contribution in [0.3, 0.4) is 0 Å². The molecular weight excluding hydrogens is 477 g/mol. The van der Waals surface area contributed by atoms with E-state index >= 15 is 0 Å². The van der Waals surface area contributed by atoms with Crippen LogP contribution in [-0.2, 0) is 6.42 Å². The number of ether oxygens (including phenoxy) is 4. The SMILES string of the molecule is COc1ccc(OC[C@@H]2c3cc(OC)c(OC)cc3CCN2C(=O)c2ccc(Cl)cc2Cl)cc1. The van der Waals surface area contributed by atoms with Crippen LogP contribution in [0.1, 0.15) is 27.5 Å². The summed E-state index contributed by atoms with van der Waals surface area (Å²) in [5.74, 6) is 2.46. The minimum atomic E-state index is -0.370. The van der Waals surface area contributed by atoms with Crippen LogP contribution in [0.25, 0.3) is 0 Å². The molecule has 178 valence electrons. The standard InChI is InChI=1S/C26H25Cl2NO5/c1-31-18-5-7-19(8-6-18)34-15-23-21-14-25(33-3)24(32-2)12-16(21)10-11-29(23)26(30)20-9-4-17(27)13-22(20)28/h4-9,12-14,23H,10-11,15H2,1-3H3/t23-/m1/s1. The third-order valence-corrected chi connectivity index (χ3v) is 6.44. The number of methoxy groups -OCH3 is 3. The predicted molar refractivity (Wildman–Crippen MR) is 132 cm³/mol. The quantitative estimate of drug-likeness (QED) is 0.407. The lowest BCUT2D eigenvalue weighted by atomic mass is 9.91. The van der Waals surface area contributed by atoms with Gasteiger partial charge >= 0.3 is 0 Å². The van der Waals surface area contributed by atoms with Crippen LogP contribution >= 0.6 is 23.2 Å². The first-order valence-electron chi connectivity index (χ1n) is 10.7. The first-order chi connectivity index (χ1) is 16.4. The summed E-state index contributed by atoms with van der Waals surface area (Å²) in [5.41, 5.74) is 2.41. The zero-order chi connectivity index (χ0) is 24.2. The van der Waals surface area contributed by atoms with E-state index in [2.05, 4.69) is 0 Å². The molecule has 1 aliphatic heterocycles. The van der Waals surface area contributed by atoms with Crippen LogP contribution in [0.5, 0.6) is 23.0 Å². The molecule has 0 N–H and O–H groups in total. The number of amides is 1. The smallest absolute Gasteiger partial charge is 0.256 e. The highest BCUT2D eigenvalue weighted by Gasteiger charge is 2.34. The van der Waals surface area contributed by atoms with Crippen molar-refractivity contribution < 1.29 is 23.7 Å². The van der Waals surface area contributed by atoms with E-state index in [4.69, 9.17) is 42.1 Å². The molecule has 4 rings (SSSR count). The van der Waals surface area contributed by atoms with Crippen LogP contribution in [-0.4, -0.2) is 45.3 Å². The Labute approximate surface area is 208 Å². The Morgan fingerprint density at radius 1 is 0.912 bits per heavy atom. The molecule has 1 heterocycles. The fourth-order valence-electron chi connectivity index (χ4n) is 4.12. The first-order valence-corrected chi connectivity index (χ1v) is 11.5. The molecule has 8 heteroatoms. The van der Waals surface area contributed by atoms with Crippen molar-refractivity contribution in [2.75, 3.05) is 34.5 Å². The molecule has 1 amide bonds. The molecule has 0 unspecified atom stereocenters. The van der Waals surface area contributed by atoms with Crippen molar-refractivity contribution in [3.05, 3.63) is 81.3 Å². The number of benzene rings is 3. The van der Waals surface area contributed by atoms with Gasteiger partial charge < -0.3 is 23.8 Å². The second-order valence-electron chi connectivity index (χ2n) is 7.78. The van der Waals surface area contributed by atoms with E-state index in [1.165, 1.54) is 0 Å².